The monoisotopic (exact) mass is 409 g/mol. The van der Waals surface area contributed by atoms with E-state index in [-0.39, 0.29) is 12.4 Å². The van der Waals surface area contributed by atoms with Crippen molar-refractivity contribution in [1.82, 2.24) is 4.72 Å². The third-order valence-electron chi connectivity index (χ3n) is 2.82. The first kappa shape index (κ1) is 19.8. The van der Waals surface area contributed by atoms with E-state index in [1.807, 2.05) is 32.9 Å². The molecule has 0 saturated carbocycles. The maximum Gasteiger partial charge on any atom is 0.307 e. The van der Waals surface area contributed by atoms with E-state index in [4.69, 9.17) is 16.3 Å². The molecule has 1 aromatic rings. The number of carbonyl (C=O) groups excluding carboxylic acids is 1. The molecule has 1 N–H and O–H groups in total. The highest BCUT2D eigenvalue weighted by Crippen LogP contribution is 2.30. The summed E-state index contributed by atoms with van der Waals surface area (Å²) in [6, 6.07) is 4.89. The molecule has 7 heteroatoms. The fraction of sp³-hybridized carbons (Fsp3) is 0.533. The van der Waals surface area contributed by atoms with Crippen molar-refractivity contribution in [3.63, 3.8) is 0 Å². The van der Waals surface area contributed by atoms with Crippen LogP contribution in [0.1, 0.15) is 45.7 Å². The molecule has 0 aliphatic carbocycles. The van der Waals surface area contributed by atoms with Crippen LogP contribution >= 0.6 is 27.5 Å². The first-order chi connectivity index (χ1) is 10.1. The number of esters is 1. The molecule has 2 atom stereocenters. The molecule has 0 radical (unpaired) electrons. The van der Waals surface area contributed by atoms with Gasteiger partial charge in [-0.1, -0.05) is 27.5 Å². The van der Waals surface area contributed by atoms with Crippen LogP contribution < -0.4 is 4.72 Å². The van der Waals surface area contributed by atoms with Crippen molar-refractivity contribution in [2.45, 2.75) is 44.9 Å². The van der Waals surface area contributed by atoms with E-state index in [0.717, 1.165) is 4.47 Å². The van der Waals surface area contributed by atoms with E-state index in [9.17, 15) is 9.35 Å². The summed E-state index contributed by atoms with van der Waals surface area (Å²) >= 11 is 8.29. The fourth-order valence-corrected chi connectivity index (χ4v) is 3.14. The van der Waals surface area contributed by atoms with E-state index in [1.165, 1.54) is 0 Å². The van der Waals surface area contributed by atoms with E-state index < -0.39 is 22.2 Å². The summed E-state index contributed by atoms with van der Waals surface area (Å²) in [5, 5.41) is 0.510. The van der Waals surface area contributed by atoms with Crippen LogP contribution in [0.5, 0.6) is 0 Å². The van der Waals surface area contributed by atoms with Gasteiger partial charge >= 0.3 is 5.97 Å². The summed E-state index contributed by atoms with van der Waals surface area (Å²) < 4.78 is 20.8. The van der Waals surface area contributed by atoms with Crippen LogP contribution in [0, 0.1) is 0 Å². The van der Waals surface area contributed by atoms with Crippen LogP contribution in [0.3, 0.4) is 0 Å². The molecule has 0 aromatic heterocycles. The Bertz CT molecular complexity index is 522. The van der Waals surface area contributed by atoms with Crippen molar-refractivity contribution in [2.75, 3.05) is 6.61 Å². The Hall–Kier alpha value is -0.270. The van der Waals surface area contributed by atoms with Crippen molar-refractivity contribution in [2.24, 2.45) is 0 Å². The number of hydrogen-bond acceptors (Lipinski definition) is 4. The highest BCUT2D eigenvalue weighted by atomic mass is 79.9. The smallest absolute Gasteiger partial charge is 0.307 e. The van der Waals surface area contributed by atoms with Crippen LogP contribution in [0.25, 0.3) is 0 Å². The van der Waals surface area contributed by atoms with Gasteiger partial charge in [-0.05, 0) is 51.5 Å². The molecular formula is C15H21BrClNO3S. The first-order valence-corrected chi connectivity index (χ1v) is 9.25. The second-order valence-electron chi connectivity index (χ2n) is 5.73. The molecule has 0 amide bonds. The molecule has 0 fully saturated rings. The Labute approximate surface area is 148 Å². The van der Waals surface area contributed by atoms with Gasteiger partial charge in [0, 0.05) is 20.9 Å². The molecular weight excluding hydrogens is 390 g/mol. The third-order valence-corrected chi connectivity index (χ3v) is 5.26. The lowest BCUT2D eigenvalue weighted by atomic mass is 10.0. The minimum Gasteiger partial charge on any atom is -0.598 e. The zero-order chi connectivity index (χ0) is 16.9. The Morgan fingerprint density at radius 3 is 2.68 bits per heavy atom. The Morgan fingerprint density at radius 1 is 1.50 bits per heavy atom. The lowest BCUT2D eigenvalue weighted by Gasteiger charge is -2.28. The van der Waals surface area contributed by atoms with Gasteiger partial charge < -0.3 is 9.29 Å². The summed E-state index contributed by atoms with van der Waals surface area (Å²) in [5.74, 6) is -0.359. The predicted octanol–water partition coefficient (Wildman–Crippen LogP) is 4.15. The van der Waals surface area contributed by atoms with Gasteiger partial charge in [-0.3, -0.25) is 4.79 Å². The molecule has 0 aliphatic rings. The van der Waals surface area contributed by atoms with Gasteiger partial charge in [0.1, 0.15) is 4.75 Å². The van der Waals surface area contributed by atoms with Crippen LogP contribution in [0.15, 0.2) is 22.7 Å². The maximum atomic E-state index is 12.4. The highest BCUT2D eigenvalue weighted by Gasteiger charge is 2.32. The number of halogens is 2. The molecule has 0 heterocycles. The Balaban J connectivity index is 3.05. The van der Waals surface area contributed by atoms with Gasteiger partial charge in [-0.15, -0.1) is 4.72 Å². The SMILES string of the molecule is CCOC(=O)C[C@H](N[S+]([O-])C(C)(C)C)c1cc(Br)ccc1Cl. The van der Waals surface area contributed by atoms with Crippen molar-refractivity contribution in [3.05, 3.63) is 33.3 Å². The normalized spacial score (nSPS) is 14.5. The predicted molar refractivity (Wildman–Crippen MR) is 94.2 cm³/mol. The van der Waals surface area contributed by atoms with E-state index in [2.05, 4.69) is 20.7 Å². The van der Waals surface area contributed by atoms with Gasteiger partial charge in [0.25, 0.3) is 0 Å². The average molecular weight is 411 g/mol. The maximum absolute atomic E-state index is 12.4. The second-order valence-corrected chi connectivity index (χ2v) is 9.05. The van der Waals surface area contributed by atoms with Gasteiger partial charge in [-0.25, -0.2) is 0 Å². The molecule has 1 rings (SSSR count). The van der Waals surface area contributed by atoms with E-state index >= 15 is 0 Å². The van der Waals surface area contributed by atoms with Crippen LogP contribution in [-0.2, 0) is 20.9 Å². The number of carbonyl (C=O) groups is 1. The largest absolute Gasteiger partial charge is 0.598 e. The number of nitrogens with one attached hydrogen (secondary N) is 1. The van der Waals surface area contributed by atoms with Crippen LogP contribution in [0.2, 0.25) is 5.02 Å². The minimum atomic E-state index is -1.33. The summed E-state index contributed by atoms with van der Waals surface area (Å²) in [7, 11) is 0. The fourth-order valence-electron chi connectivity index (χ4n) is 1.69. The standard InChI is InChI=1S/C15H21BrClNO3S/c1-5-21-14(19)9-13(18-22(20)15(2,3)4)11-8-10(16)6-7-12(11)17/h6-8,13,18H,5,9H2,1-4H3/t13-,22?/m0/s1. The van der Waals surface area contributed by atoms with E-state index in [1.54, 1.807) is 13.0 Å². The molecule has 0 spiro atoms. The molecule has 0 aliphatic heterocycles. The molecule has 22 heavy (non-hydrogen) atoms. The first-order valence-electron chi connectivity index (χ1n) is 6.93. The minimum absolute atomic E-state index is 0.0613. The topological polar surface area (TPSA) is 61.4 Å². The Morgan fingerprint density at radius 2 is 2.14 bits per heavy atom. The number of benzene rings is 1. The highest BCUT2D eigenvalue weighted by molar-refractivity contribution is 9.10. The summed E-state index contributed by atoms with van der Waals surface area (Å²) in [6.45, 7) is 7.64. The van der Waals surface area contributed by atoms with Crippen molar-refractivity contribution >= 4 is 44.9 Å². The lowest BCUT2D eigenvalue weighted by Crippen LogP contribution is -2.42. The average Bonchev–Trinajstić information content (AvgIpc) is 2.40. The second kappa shape index (κ2) is 8.55. The van der Waals surface area contributed by atoms with Crippen LogP contribution in [0.4, 0.5) is 0 Å². The molecule has 0 bridgehead atoms. The van der Waals surface area contributed by atoms with Crippen molar-refractivity contribution in [1.29, 1.82) is 0 Å². The van der Waals surface area contributed by atoms with Gasteiger partial charge in [0.05, 0.1) is 19.1 Å². The molecule has 1 aromatic carbocycles. The summed E-state index contributed by atoms with van der Waals surface area (Å²) in [4.78, 5) is 11.8. The van der Waals surface area contributed by atoms with Gasteiger partial charge in [0.2, 0.25) is 0 Å². The summed E-state index contributed by atoms with van der Waals surface area (Å²) in [6.07, 6.45) is 0.0613. The quantitative estimate of drug-likeness (QED) is 0.565. The van der Waals surface area contributed by atoms with Crippen molar-refractivity contribution < 1.29 is 14.1 Å². The zero-order valence-corrected chi connectivity index (χ0v) is 16.3. The van der Waals surface area contributed by atoms with Gasteiger partial charge in [-0.2, -0.15) is 0 Å². The van der Waals surface area contributed by atoms with E-state index in [0.29, 0.717) is 17.2 Å². The lowest BCUT2D eigenvalue weighted by molar-refractivity contribution is -0.143. The number of rotatable bonds is 6. The molecule has 4 nitrogen and oxygen atoms in total. The Kier molecular flexibility index (Phi) is 7.68. The number of ether oxygens (including phenoxy) is 1. The third kappa shape index (κ3) is 6.08. The number of hydrogen-bond donors (Lipinski definition) is 1. The van der Waals surface area contributed by atoms with Crippen molar-refractivity contribution in [3.8, 4) is 0 Å². The summed E-state index contributed by atoms with van der Waals surface area (Å²) in [5.41, 5.74) is 0.710. The zero-order valence-electron chi connectivity index (χ0n) is 13.1. The van der Waals surface area contributed by atoms with Gasteiger partial charge in [0.15, 0.2) is 0 Å². The molecule has 0 saturated heterocycles. The molecule has 1 unspecified atom stereocenters. The van der Waals surface area contributed by atoms with Crippen LogP contribution in [-0.4, -0.2) is 21.9 Å². The molecule has 124 valence electrons.